The van der Waals surface area contributed by atoms with Gasteiger partial charge in [-0.1, -0.05) is 32.9 Å². The average molecular weight is 236 g/mol. The zero-order valence-electron chi connectivity index (χ0n) is 11.2. The fourth-order valence-electron chi connectivity index (χ4n) is 4.64. The molecule has 3 aliphatic rings. The Hall–Kier alpha value is -0.340. The lowest BCUT2D eigenvalue weighted by Crippen LogP contribution is -2.48. The van der Waals surface area contributed by atoms with E-state index in [2.05, 4.69) is 27.4 Å². The van der Waals surface area contributed by atoms with Crippen LogP contribution in [0.25, 0.3) is 0 Å². The first-order valence-corrected chi connectivity index (χ1v) is 6.99. The van der Waals surface area contributed by atoms with E-state index < -0.39 is 5.79 Å². The van der Waals surface area contributed by atoms with E-state index in [1.165, 1.54) is 18.4 Å². The van der Waals surface area contributed by atoms with Crippen LogP contribution >= 0.6 is 0 Å². The highest BCUT2D eigenvalue weighted by molar-refractivity contribution is 5.24. The Kier molecular flexibility index (Phi) is 2.32. The summed E-state index contributed by atoms with van der Waals surface area (Å²) in [5.74, 6) is 0.852. The van der Waals surface area contributed by atoms with Crippen LogP contribution in [0.1, 0.15) is 46.5 Å². The van der Waals surface area contributed by atoms with Gasteiger partial charge in [0.05, 0.1) is 5.60 Å². The van der Waals surface area contributed by atoms with Crippen LogP contribution in [0.15, 0.2) is 12.2 Å². The molecule has 0 unspecified atom stereocenters. The molecule has 17 heavy (non-hydrogen) atoms. The van der Waals surface area contributed by atoms with Gasteiger partial charge < -0.3 is 9.84 Å². The second-order valence-corrected chi connectivity index (χ2v) is 6.82. The summed E-state index contributed by atoms with van der Waals surface area (Å²) < 4.78 is 6.25. The maximum absolute atomic E-state index is 10.8. The number of ether oxygens (including phenoxy) is 1. The molecule has 1 saturated carbocycles. The summed E-state index contributed by atoms with van der Waals surface area (Å²) in [4.78, 5) is 0. The third kappa shape index (κ3) is 1.34. The van der Waals surface area contributed by atoms with Crippen LogP contribution in [-0.2, 0) is 4.74 Å². The van der Waals surface area contributed by atoms with Gasteiger partial charge in [0.1, 0.15) is 0 Å². The summed E-state index contributed by atoms with van der Waals surface area (Å²) in [5, 5.41) is 10.8. The molecular formula is C15H24O2. The average Bonchev–Trinajstić information content (AvgIpc) is 2.65. The first-order chi connectivity index (χ1) is 7.89. The van der Waals surface area contributed by atoms with E-state index in [9.17, 15) is 5.11 Å². The van der Waals surface area contributed by atoms with Crippen molar-refractivity contribution in [1.29, 1.82) is 0 Å². The predicted molar refractivity (Wildman–Crippen MR) is 67.4 cm³/mol. The molecular weight excluding hydrogens is 212 g/mol. The lowest BCUT2D eigenvalue weighted by atomic mass is 9.77. The van der Waals surface area contributed by atoms with E-state index in [1.807, 2.05) is 0 Å². The van der Waals surface area contributed by atoms with E-state index in [0.29, 0.717) is 24.2 Å². The molecule has 2 nitrogen and oxygen atoms in total. The van der Waals surface area contributed by atoms with Crippen molar-refractivity contribution >= 4 is 0 Å². The number of aliphatic hydroxyl groups is 1. The molecule has 3 fully saturated rings. The molecule has 1 spiro atoms. The summed E-state index contributed by atoms with van der Waals surface area (Å²) >= 11 is 0. The molecule has 0 aromatic carbocycles. The van der Waals surface area contributed by atoms with Gasteiger partial charge in [0.2, 0.25) is 0 Å². The summed E-state index contributed by atoms with van der Waals surface area (Å²) in [6.45, 7) is 10.9. The van der Waals surface area contributed by atoms with E-state index >= 15 is 0 Å². The largest absolute Gasteiger partial charge is 0.365 e. The third-order valence-electron chi connectivity index (χ3n) is 5.58. The summed E-state index contributed by atoms with van der Waals surface area (Å²) in [5.41, 5.74) is 1.13. The van der Waals surface area contributed by atoms with E-state index in [-0.39, 0.29) is 11.5 Å². The van der Waals surface area contributed by atoms with Gasteiger partial charge in [-0.3, -0.25) is 0 Å². The fraction of sp³-hybridized carbons (Fsp3) is 0.867. The van der Waals surface area contributed by atoms with Gasteiger partial charge in [-0.05, 0) is 31.1 Å². The van der Waals surface area contributed by atoms with Crippen molar-refractivity contribution in [2.24, 2.45) is 23.7 Å². The molecule has 96 valence electrons. The number of fused-ring (bicyclic) bond motifs is 1. The molecule has 2 saturated heterocycles. The Labute approximate surface area is 104 Å². The van der Waals surface area contributed by atoms with Crippen LogP contribution in [0.2, 0.25) is 0 Å². The summed E-state index contributed by atoms with van der Waals surface area (Å²) in [6, 6.07) is 0. The van der Waals surface area contributed by atoms with E-state index in [4.69, 9.17) is 4.74 Å². The number of rotatable bonds is 1. The van der Waals surface area contributed by atoms with Crippen LogP contribution in [0, 0.1) is 23.7 Å². The molecule has 2 heteroatoms. The third-order valence-corrected chi connectivity index (χ3v) is 5.58. The molecule has 2 aliphatic heterocycles. The number of hydrogen-bond acceptors (Lipinski definition) is 2. The minimum absolute atomic E-state index is 0.0982. The molecule has 0 amide bonds. The Bertz CT molecular complexity index is 362. The number of hydrogen-bond donors (Lipinski definition) is 1. The minimum Gasteiger partial charge on any atom is -0.365 e. The van der Waals surface area contributed by atoms with E-state index in [1.54, 1.807) is 0 Å². The van der Waals surface area contributed by atoms with Crippen molar-refractivity contribution < 1.29 is 9.84 Å². The van der Waals surface area contributed by atoms with Crippen molar-refractivity contribution in [2.75, 3.05) is 0 Å². The van der Waals surface area contributed by atoms with Gasteiger partial charge >= 0.3 is 0 Å². The van der Waals surface area contributed by atoms with Gasteiger partial charge in [-0.25, -0.2) is 0 Å². The second kappa shape index (κ2) is 3.36. The van der Waals surface area contributed by atoms with Crippen molar-refractivity contribution in [2.45, 2.75) is 57.8 Å². The Morgan fingerprint density at radius 1 is 1.41 bits per heavy atom. The Morgan fingerprint density at radius 3 is 2.76 bits per heavy atom. The first kappa shape index (κ1) is 11.7. The molecule has 3 rings (SSSR count). The fourth-order valence-corrected chi connectivity index (χ4v) is 4.64. The van der Waals surface area contributed by atoms with Gasteiger partial charge in [-0.15, -0.1) is 0 Å². The zero-order valence-corrected chi connectivity index (χ0v) is 11.2. The first-order valence-electron chi connectivity index (χ1n) is 6.99. The van der Waals surface area contributed by atoms with Crippen molar-refractivity contribution in [3.05, 3.63) is 12.2 Å². The molecule has 0 radical (unpaired) electrons. The standard InChI is InChI=1S/C15H24O2/c1-9(2)13-8-14-11(4)5-6-12(14)10(3)7-15(13,16)17-14/h9,11-13,16H,3,5-8H2,1-2,4H3/t11-,12-,13-,14-,15+/m1/s1. The highest BCUT2D eigenvalue weighted by Crippen LogP contribution is 2.63. The summed E-state index contributed by atoms with van der Waals surface area (Å²) in [6.07, 6.45) is 4.08. The van der Waals surface area contributed by atoms with Crippen LogP contribution < -0.4 is 0 Å². The summed E-state index contributed by atoms with van der Waals surface area (Å²) in [7, 11) is 0. The quantitative estimate of drug-likeness (QED) is 0.709. The highest BCUT2D eigenvalue weighted by Gasteiger charge is 2.66. The van der Waals surface area contributed by atoms with Crippen LogP contribution in [0.5, 0.6) is 0 Å². The molecule has 0 aromatic heterocycles. The Balaban J connectivity index is 2.04. The van der Waals surface area contributed by atoms with Crippen molar-refractivity contribution in [1.82, 2.24) is 0 Å². The van der Waals surface area contributed by atoms with Gasteiger partial charge in [0.15, 0.2) is 5.79 Å². The SMILES string of the molecule is C=C1C[C@]2(O)O[C@]3(C[C@@H]2C(C)C)[C@H](C)CC[C@H]13. The van der Waals surface area contributed by atoms with Crippen LogP contribution in [0.4, 0.5) is 0 Å². The van der Waals surface area contributed by atoms with Crippen LogP contribution in [-0.4, -0.2) is 16.5 Å². The Morgan fingerprint density at radius 2 is 2.12 bits per heavy atom. The van der Waals surface area contributed by atoms with Crippen molar-refractivity contribution in [3.8, 4) is 0 Å². The molecule has 1 N–H and O–H groups in total. The van der Waals surface area contributed by atoms with Gasteiger partial charge in [0, 0.05) is 18.3 Å². The zero-order chi connectivity index (χ0) is 12.4. The lowest BCUT2D eigenvalue weighted by molar-refractivity contribution is -0.269. The van der Waals surface area contributed by atoms with Gasteiger partial charge in [-0.2, -0.15) is 0 Å². The van der Waals surface area contributed by atoms with Crippen molar-refractivity contribution in [3.63, 3.8) is 0 Å². The minimum atomic E-state index is -0.930. The smallest absolute Gasteiger partial charge is 0.173 e. The normalized spacial score (nSPS) is 53.2. The second-order valence-electron chi connectivity index (χ2n) is 6.82. The molecule has 5 atom stereocenters. The van der Waals surface area contributed by atoms with Gasteiger partial charge in [0.25, 0.3) is 0 Å². The molecule has 2 bridgehead atoms. The topological polar surface area (TPSA) is 29.5 Å². The highest BCUT2D eigenvalue weighted by atomic mass is 16.6. The molecule has 2 heterocycles. The van der Waals surface area contributed by atoms with E-state index in [0.717, 1.165) is 6.42 Å². The molecule has 1 aliphatic carbocycles. The van der Waals surface area contributed by atoms with Crippen LogP contribution in [0.3, 0.4) is 0 Å². The lowest BCUT2D eigenvalue weighted by Gasteiger charge is -2.43. The predicted octanol–water partition coefficient (Wildman–Crippen LogP) is 3.11. The monoisotopic (exact) mass is 236 g/mol. The maximum Gasteiger partial charge on any atom is 0.173 e. The maximum atomic E-state index is 10.8. The molecule has 0 aromatic rings.